The van der Waals surface area contributed by atoms with Crippen LogP contribution in [0.4, 0.5) is 0 Å². The Morgan fingerprint density at radius 3 is 2.83 bits per heavy atom. The second kappa shape index (κ2) is 4.37. The molecule has 2 N–H and O–H groups in total. The monoisotopic (exact) mass is 249 g/mol. The Morgan fingerprint density at radius 2 is 2.42 bits per heavy atom. The number of ether oxygens (including phenoxy) is 1. The minimum Gasteiger partial charge on any atom is -0.383 e. The predicted octanol–water partition coefficient (Wildman–Crippen LogP) is 2.47. The molecule has 0 aliphatic carbocycles. The van der Waals surface area contributed by atoms with Crippen LogP contribution in [0.25, 0.3) is 0 Å². The van der Waals surface area contributed by atoms with Gasteiger partial charge in [-0.1, -0.05) is 0 Å². The molecule has 0 aliphatic heterocycles. The Balaban J connectivity index is 2.74. The van der Waals surface area contributed by atoms with Crippen LogP contribution in [0.5, 0.6) is 0 Å². The van der Waals surface area contributed by atoms with Gasteiger partial charge in [0.05, 0.1) is 16.4 Å². The Kier molecular flexibility index (Phi) is 3.71. The number of hydrogen-bond acceptors (Lipinski definition) is 3. The molecule has 0 bridgehead atoms. The number of rotatable bonds is 3. The van der Waals surface area contributed by atoms with Gasteiger partial charge in [-0.3, -0.25) is 0 Å². The summed E-state index contributed by atoms with van der Waals surface area (Å²) in [5.74, 6) is 0. The lowest BCUT2D eigenvalue weighted by molar-refractivity contribution is 0.182. The van der Waals surface area contributed by atoms with Crippen molar-refractivity contribution >= 4 is 27.3 Å². The van der Waals surface area contributed by atoms with E-state index in [0.717, 1.165) is 3.79 Å². The first-order valence-electron chi connectivity index (χ1n) is 3.65. The maximum absolute atomic E-state index is 5.85. The van der Waals surface area contributed by atoms with Gasteiger partial charge in [-0.05, 0) is 34.5 Å². The highest BCUT2D eigenvalue weighted by Gasteiger charge is 2.10. The molecule has 1 aromatic heterocycles. The van der Waals surface area contributed by atoms with E-state index in [9.17, 15) is 0 Å². The highest BCUT2D eigenvalue weighted by Crippen LogP contribution is 2.30. The van der Waals surface area contributed by atoms with Gasteiger partial charge in [-0.15, -0.1) is 11.3 Å². The lowest BCUT2D eigenvalue weighted by Gasteiger charge is -2.06. The fourth-order valence-corrected chi connectivity index (χ4v) is 2.49. The molecular weight excluding hydrogens is 238 g/mol. The highest BCUT2D eigenvalue weighted by molar-refractivity contribution is 9.11. The fourth-order valence-electron chi connectivity index (χ4n) is 0.928. The van der Waals surface area contributed by atoms with Gasteiger partial charge in [-0.25, -0.2) is 0 Å². The average molecular weight is 250 g/mol. The predicted molar refractivity (Wildman–Crippen MR) is 55.6 cm³/mol. The molecule has 1 rings (SSSR count). The SMILES string of the molecule is COCC(N)c1cc(C)c(Br)s1. The van der Waals surface area contributed by atoms with Gasteiger partial charge in [-0.2, -0.15) is 0 Å². The van der Waals surface area contributed by atoms with Crippen molar-refractivity contribution in [3.8, 4) is 0 Å². The van der Waals surface area contributed by atoms with Gasteiger partial charge >= 0.3 is 0 Å². The van der Waals surface area contributed by atoms with Crippen molar-refractivity contribution in [1.82, 2.24) is 0 Å². The minimum atomic E-state index is 0.00463. The minimum absolute atomic E-state index is 0.00463. The van der Waals surface area contributed by atoms with E-state index in [1.54, 1.807) is 18.4 Å². The van der Waals surface area contributed by atoms with Crippen molar-refractivity contribution in [2.24, 2.45) is 5.73 Å². The van der Waals surface area contributed by atoms with Crippen molar-refractivity contribution in [1.29, 1.82) is 0 Å². The summed E-state index contributed by atoms with van der Waals surface area (Å²) in [4.78, 5) is 1.17. The van der Waals surface area contributed by atoms with Gasteiger partial charge in [0, 0.05) is 12.0 Å². The van der Waals surface area contributed by atoms with E-state index < -0.39 is 0 Å². The van der Waals surface area contributed by atoms with E-state index >= 15 is 0 Å². The molecule has 1 atom stereocenters. The van der Waals surface area contributed by atoms with Crippen LogP contribution < -0.4 is 5.73 Å². The van der Waals surface area contributed by atoms with Crippen LogP contribution >= 0.6 is 27.3 Å². The first-order valence-corrected chi connectivity index (χ1v) is 5.26. The van der Waals surface area contributed by atoms with Crippen LogP contribution in [-0.4, -0.2) is 13.7 Å². The van der Waals surface area contributed by atoms with E-state index in [0.29, 0.717) is 6.61 Å². The summed E-state index contributed by atoms with van der Waals surface area (Å²) < 4.78 is 6.13. The molecule has 0 aliphatic rings. The molecule has 12 heavy (non-hydrogen) atoms. The van der Waals surface area contributed by atoms with Gasteiger partial charge in [0.1, 0.15) is 0 Å². The van der Waals surface area contributed by atoms with Crippen LogP contribution in [0.2, 0.25) is 0 Å². The van der Waals surface area contributed by atoms with E-state index in [1.807, 2.05) is 0 Å². The van der Waals surface area contributed by atoms with Crippen molar-refractivity contribution in [3.05, 3.63) is 20.3 Å². The molecule has 0 fully saturated rings. The molecule has 68 valence electrons. The van der Waals surface area contributed by atoms with Gasteiger partial charge in [0.2, 0.25) is 0 Å². The summed E-state index contributed by atoms with van der Waals surface area (Å²) in [5, 5.41) is 0. The summed E-state index contributed by atoms with van der Waals surface area (Å²) in [6.07, 6.45) is 0. The van der Waals surface area contributed by atoms with Crippen LogP contribution in [0, 0.1) is 6.92 Å². The van der Waals surface area contributed by atoms with Crippen molar-refractivity contribution in [2.45, 2.75) is 13.0 Å². The third-order valence-electron chi connectivity index (χ3n) is 1.59. The maximum Gasteiger partial charge on any atom is 0.0731 e. The number of methoxy groups -OCH3 is 1. The first-order chi connectivity index (χ1) is 5.65. The Hall–Kier alpha value is 0.1000. The Labute approximate surface area is 84.9 Å². The number of thiophene rings is 1. The number of aryl methyl sites for hydroxylation is 1. The quantitative estimate of drug-likeness (QED) is 0.894. The summed E-state index contributed by atoms with van der Waals surface area (Å²) >= 11 is 5.13. The molecular formula is C8H12BrNOS. The van der Waals surface area contributed by atoms with Crippen LogP contribution in [0.3, 0.4) is 0 Å². The molecule has 0 saturated carbocycles. The average Bonchev–Trinajstić information content (AvgIpc) is 2.33. The van der Waals surface area contributed by atoms with E-state index in [4.69, 9.17) is 10.5 Å². The number of hydrogen-bond donors (Lipinski definition) is 1. The van der Waals surface area contributed by atoms with Crippen molar-refractivity contribution < 1.29 is 4.74 Å². The lowest BCUT2D eigenvalue weighted by Crippen LogP contribution is -2.14. The van der Waals surface area contributed by atoms with Crippen molar-refractivity contribution in [3.63, 3.8) is 0 Å². The molecule has 0 saturated heterocycles. The lowest BCUT2D eigenvalue weighted by atomic mass is 10.2. The molecule has 2 nitrogen and oxygen atoms in total. The standard InChI is InChI=1S/C8H12BrNOS/c1-5-3-7(12-8(5)9)6(10)4-11-2/h3,6H,4,10H2,1-2H3. The molecule has 1 heterocycles. The second-order valence-electron chi connectivity index (χ2n) is 2.67. The molecule has 0 radical (unpaired) electrons. The van der Waals surface area contributed by atoms with Crippen LogP contribution in [-0.2, 0) is 4.74 Å². The zero-order valence-corrected chi connectivity index (χ0v) is 9.54. The first kappa shape index (κ1) is 10.2. The Bertz CT molecular complexity index is 242. The summed E-state index contributed by atoms with van der Waals surface area (Å²) in [5.41, 5.74) is 7.09. The summed E-state index contributed by atoms with van der Waals surface area (Å²) in [7, 11) is 1.66. The normalized spacial score (nSPS) is 13.3. The number of halogens is 1. The van der Waals surface area contributed by atoms with E-state index in [1.165, 1.54) is 10.4 Å². The van der Waals surface area contributed by atoms with Gasteiger partial charge in [0.25, 0.3) is 0 Å². The van der Waals surface area contributed by atoms with Gasteiger partial charge in [0.15, 0.2) is 0 Å². The van der Waals surface area contributed by atoms with E-state index in [-0.39, 0.29) is 6.04 Å². The molecule has 1 aromatic rings. The van der Waals surface area contributed by atoms with Gasteiger partial charge < -0.3 is 10.5 Å². The molecule has 0 spiro atoms. The third-order valence-corrected chi connectivity index (χ3v) is 3.86. The summed E-state index contributed by atoms with van der Waals surface area (Å²) in [6.45, 7) is 2.63. The zero-order valence-electron chi connectivity index (χ0n) is 7.13. The highest BCUT2D eigenvalue weighted by atomic mass is 79.9. The topological polar surface area (TPSA) is 35.2 Å². The largest absolute Gasteiger partial charge is 0.383 e. The second-order valence-corrected chi connectivity index (χ2v) is 5.07. The van der Waals surface area contributed by atoms with Crippen LogP contribution in [0.15, 0.2) is 9.85 Å². The third kappa shape index (κ3) is 2.29. The maximum atomic E-state index is 5.85. The Morgan fingerprint density at radius 1 is 1.75 bits per heavy atom. The summed E-state index contributed by atoms with van der Waals surface area (Å²) in [6, 6.07) is 2.10. The molecule has 4 heteroatoms. The smallest absolute Gasteiger partial charge is 0.0731 e. The van der Waals surface area contributed by atoms with Crippen LogP contribution in [0.1, 0.15) is 16.5 Å². The molecule has 0 amide bonds. The number of nitrogens with two attached hydrogens (primary N) is 1. The zero-order chi connectivity index (χ0) is 9.14. The van der Waals surface area contributed by atoms with E-state index in [2.05, 4.69) is 28.9 Å². The van der Waals surface area contributed by atoms with Crippen molar-refractivity contribution in [2.75, 3.05) is 13.7 Å². The fraction of sp³-hybridized carbons (Fsp3) is 0.500. The molecule has 1 unspecified atom stereocenters. The molecule has 0 aromatic carbocycles.